The number of rotatable bonds is 7. The zero-order valence-corrected chi connectivity index (χ0v) is 12.5. The van der Waals surface area contributed by atoms with Crippen LogP contribution in [-0.4, -0.2) is 19.2 Å². The average Bonchev–Trinajstić information content (AvgIpc) is 2.37. The minimum absolute atomic E-state index is 0.161. The Hall–Kier alpha value is -1.03. The Morgan fingerprint density at radius 1 is 1.33 bits per heavy atom. The SMILES string of the molecule is CCOC(=O)CCCOc1ccc(Br)c(CC)c1. The van der Waals surface area contributed by atoms with Crippen LogP contribution in [0.1, 0.15) is 32.3 Å². The Labute approximate surface area is 117 Å². The van der Waals surface area contributed by atoms with Crippen LogP contribution < -0.4 is 4.74 Å². The summed E-state index contributed by atoms with van der Waals surface area (Å²) in [7, 11) is 0. The summed E-state index contributed by atoms with van der Waals surface area (Å²) in [6, 6.07) is 5.93. The Morgan fingerprint density at radius 2 is 2.11 bits per heavy atom. The van der Waals surface area contributed by atoms with Crippen molar-refractivity contribution in [2.24, 2.45) is 0 Å². The number of esters is 1. The molecule has 0 unspecified atom stereocenters. The second-order valence-electron chi connectivity index (χ2n) is 3.86. The van der Waals surface area contributed by atoms with Gasteiger partial charge in [-0.05, 0) is 43.5 Å². The Bertz CT molecular complexity index is 391. The van der Waals surface area contributed by atoms with Gasteiger partial charge in [0.05, 0.1) is 13.2 Å². The molecule has 100 valence electrons. The van der Waals surface area contributed by atoms with E-state index in [9.17, 15) is 4.79 Å². The van der Waals surface area contributed by atoms with Crippen LogP contribution in [-0.2, 0) is 16.0 Å². The van der Waals surface area contributed by atoms with E-state index >= 15 is 0 Å². The van der Waals surface area contributed by atoms with Crippen LogP contribution >= 0.6 is 15.9 Å². The van der Waals surface area contributed by atoms with Crippen LogP contribution in [0.2, 0.25) is 0 Å². The normalized spacial score (nSPS) is 10.2. The van der Waals surface area contributed by atoms with Crippen molar-refractivity contribution < 1.29 is 14.3 Å². The van der Waals surface area contributed by atoms with Crippen molar-refractivity contribution in [3.8, 4) is 5.75 Å². The van der Waals surface area contributed by atoms with E-state index in [-0.39, 0.29) is 5.97 Å². The summed E-state index contributed by atoms with van der Waals surface area (Å²) >= 11 is 3.49. The maximum atomic E-state index is 11.1. The zero-order chi connectivity index (χ0) is 13.4. The summed E-state index contributed by atoms with van der Waals surface area (Å²) in [4.78, 5) is 11.1. The number of aryl methyl sites for hydroxylation is 1. The molecule has 1 aromatic carbocycles. The molecule has 0 fully saturated rings. The number of ether oxygens (including phenoxy) is 2. The van der Waals surface area contributed by atoms with Crippen LogP contribution in [0.5, 0.6) is 5.75 Å². The number of hydrogen-bond acceptors (Lipinski definition) is 3. The number of benzene rings is 1. The molecule has 0 spiro atoms. The van der Waals surface area contributed by atoms with Crippen molar-refractivity contribution in [2.75, 3.05) is 13.2 Å². The molecule has 0 heterocycles. The maximum Gasteiger partial charge on any atom is 0.305 e. The molecule has 1 rings (SSSR count). The third-order valence-corrected chi connectivity index (χ3v) is 3.27. The maximum absolute atomic E-state index is 11.1. The van der Waals surface area contributed by atoms with Crippen LogP contribution in [0, 0.1) is 0 Å². The van der Waals surface area contributed by atoms with Gasteiger partial charge in [0.1, 0.15) is 5.75 Å². The summed E-state index contributed by atoms with van der Waals surface area (Å²) in [6.45, 7) is 4.88. The predicted molar refractivity (Wildman–Crippen MR) is 74.9 cm³/mol. The van der Waals surface area contributed by atoms with Gasteiger partial charge < -0.3 is 9.47 Å². The first-order valence-corrected chi connectivity index (χ1v) is 7.03. The second kappa shape index (κ2) is 8.14. The lowest BCUT2D eigenvalue weighted by molar-refractivity contribution is -0.143. The highest BCUT2D eigenvalue weighted by molar-refractivity contribution is 9.10. The van der Waals surface area contributed by atoms with Gasteiger partial charge in [-0.15, -0.1) is 0 Å². The molecule has 0 N–H and O–H groups in total. The first kappa shape index (κ1) is 15.0. The van der Waals surface area contributed by atoms with Gasteiger partial charge in [-0.1, -0.05) is 22.9 Å². The topological polar surface area (TPSA) is 35.5 Å². The number of carbonyl (C=O) groups is 1. The molecular formula is C14H19BrO3. The summed E-state index contributed by atoms with van der Waals surface area (Å²) in [5.41, 5.74) is 1.22. The van der Waals surface area contributed by atoms with E-state index in [1.54, 1.807) is 0 Å². The van der Waals surface area contributed by atoms with Crippen molar-refractivity contribution >= 4 is 21.9 Å². The summed E-state index contributed by atoms with van der Waals surface area (Å²) in [5, 5.41) is 0. The van der Waals surface area contributed by atoms with Gasteiger partial charge >= 0.3 is 5.97 Å². The fourth-order valence-corrected chi connectivity index (χ4v) is 2.08. The summed E-state index contributed by atoms with van der Waals surface area (Å²) in [5.74, 6) is 0.685. The second-order valence-corrected chi connectivity index (χ2v) is 4.72. The average molecular weight is 315 g/mol. The summed E-state index contributed by atoms with van der Waals surface area (Å²) in [6.07, 6.45) is 2.04. The van der Waals surface area contributed by atoms with Gasteiger partial charge in [-0.3, -0.25) is 4.79 Å². The first-order chi connectivity index (χ1) is 8.67. The Kier molecular flexibility index (Phi) is 6.80. The Balaban J connectivity index is 2.33. The van der Waals surface area contributed by atoms with Crippen molar-refractivity contribution in [3.63, 3.8) is 0 Å². The molecule has 18 heavy (non-hydrogen) atoms. The van der Waals surface area contributed by atoms with Crippen LogP contribution in [0.4, 0.5) is 0 Å². The molecule has 0 aliphatic carbocycles. The van der Waals surface area contributed by atoms with Crippen molar-refractivity contribution in [1.29, 1.82) is 0 Å². The highest BCUT2D eigenvalue weighted by atomic mass is 79.9. The van der Waals surface area contributed by atoms with E-state index in [1.807, 2.05) is 25.1 Å². The highest BCUT2D eigenvalue weighted by Gasteiger charge is 2.03. The quantitative estimate of drug-likeness (QED) is 0.568. The number of hydrogen-bond donors (Lipinski definition) is 0. The van der Waals surface area contributed by atoms with Crippen LogP contribution in [0.3, 0.4) is 0 Å². The molecule has 3 nitrogen and oxygen atoms in total. The molecule has 0 amide bonds. The molecular weight excluding hydrogens is 296 g/mol. The van der Waals surface area contributed by atoms with E-state index < -0.39 is 0 Å². The molecule has 0 bridgehead atoms. The van der Waals surface area contributed by atoms with Crippen LogP contribution in [0.15, 0.2) is 22.7 Å². The zero-order valence-electron chi connectivity index (χ0n) is 10.9. The van der Waals surface area contributed by atoms with Gasteiger partial charge in [0.15, 0.2) is 0 Å². The van der Waals surface area contributed by atoms with Gasteiger partial charge in [0.2, 0.25) is 0 Å². The number of carbonyl (C=O) groups excluding carboxylic acids is 1. The minimum atomic E-state index is -0.161. The molecule has 0 aliphatic heterocycles. The van der Waals surface area contributed by atoms with Gasteiger partial charge in [0.25, 0.3) is 0 Å². The lowest BCUT2D eigenvalue weighted by Gasteiger charge is -2.08. The molecule has 0 aromatic heterocycles. The van der Waals surface area contributed by atoms with Gasteiger partial charge in [-0.25, -0.2) is 0 Å². The molecule has 1 aromatic rings. The molecule has 4 heteroatoms. The fraction of sp³-hybridized carbons (Fsp3) is 0.500. The summed E-state index contributed by atoms with van der Waals surface area (Å²) < 4.78 is 11.5. The fourth-order valence-electron chi connectivity index (χ4n) is 1.55. The van der Waals surface area contributed by atoms with E-state index in [1.165, 1.54) is 5.56 Å². The van der Waals surface area contributed by atoms with Gasteiger partial charge in [-0.2, -0.15) is 0 Å². The minimum Gasteiger partial charge on any atom is -0.494 e. The molecule has 0 saturated heterocycles. The molecule has 0 saturated carbocycles. The first-order valence-electron chi connectivity index (χ1n) is 6.24. The lowest BCUT2D eigenvalue weighted by atomic mass is 10.2. The number of halogens is 1. The standard InChI is InChI=1S/C14H19BrO3/c1-3-11-10-12(7-8-13(11)15)18-9-5-6-14(16)17-4-2/h7-8,10H,3-6,9H2,1-2H3. The highest BCUT2D eigenvalue weighted by Crippen LogP contribution is 2.23. The molecule has 0 atom stereocenters. The predicted octanol–water partition coefficient (Wildman–Crippen LogP) is 3.73. The smallest absolute Gasteiger partial charge is 0.305 e. The van der Waals surface area contributed by atoms with E-state index in [2.05, 4.69) is 22.9 Å². The van der Waals surface area contributed by atoms with E-state index in [0.717, 1.165) is 16.6 Å². The largest absolute Gasteiger partial charge is 0.494 e. The van der Waals surface area contributed by atoms with Crippen molar-refractivity contribution in [2.45, 2.75) is 33.1 Å². The van der Waals surface area contributed by atoms with Gasteiger partial charge in [0, 0.05) is 10.9 Å². The lowest BCUT2D eigenvalue weighted by Crippen LogP contribution is -2.06. The Morgan fingerprint density at radius 3 is 2.78 bits per heavy atom. The third-order valence-electron chi connectivity index (χ3n) is 2.50. The van der Waals surface area contributed by atoms with Crippen LogP contribution in [0.25, 0.3) is 0 Å². The monoisotopic (exact) mass is 314 g/mol. The van der Waals surface area contributed by atoms with Crippen molar-refractivity contribution in [1.82, 2.24) is 0 Å². The molecule has 0 aliphatic rings. The van der Waals surface area contributed by atoms with E-state index in [4.69, 9.17) is 9.47 Å². The van der Waals surface area contributed by atoms with E-state index in [0.29, 0.717) is 26.1 Å². The van der Waals surface area contributed by atoms with Crippen molar-refractivity contribution in [3.05, 3.63) is 28.2 Å². The molecule has 0 radical (unpaired) electrons. The third kappa shape index (κ3) is 5.08.